The number of hydrogen-bond donors (Lipinski definition) is 3. The molecule has 0 heterocycles. The van der Waals surface area contributed by atoms with Crippen molar-refractivity contribution in [2.24, 2.45) is 23.7 Å². The van der Waals surface area contributed by atoms with Crippen LogP contribution in [-0.2, 0) is 65.4 Å². The van der Waals surface area contributed by atoms with Crippen LogP contribution in [0.5, 0.6) is 0 Å². The summed E-state index contributed by atoms with van der Waals surface area (Å²) in [5, 5.41) is 10.7. The van der Waals surface area contributed by atoms with Crippen LogP contribution in [0.1, 0.15) is 460 Å². The van der Waals surface area contributed by atoms with Crippen LogP contribution in [0.4, 0.5) is 0 Å². The van der Waals surface area contributed by atoms with E-state index < -0.39 is 97.5 Å². The maximum absolute atomic E-state index is 13.2. The molecule has 19 heteroatoms. The number of rotatable bonds is 85. The van der Waals surface area contributed by atoms with Crippen LogP contribution in [-0.4, -0.2) is 96.7 Å². The number of aliphatic hydroxyl groups excluding tert-OH is 1. The average molecular weight is 1560 g/mol. The quantitative estimate of drug-likeness (QED) is 0.0222. The van der Waals surface area contributed by atoms with E-state index in [0.717, 1.165) is 114 Å². The molecule has 0 radical (unpaired) electrons. The number of phosphoric ester groups is 2. The summed E-state index contributed by atoms with van der Waals surface area (Å²) >= 11 is 0. The minimum absolute atomic E-state index is 0.106. The molecule has 0 aliphatic heterocycles. The van der Waals surface area contributed by atoms with Gasteiger partial charge in [-0.1, -0.05) is 409 Å². The molecule has 0 fully saturated rings. The zero-order valence-electron chi connectivity index (χ0n) is 70.8. The molecular weight excluding hydrogens is 1390 g/mol. The van der Waals surface area contributed by atoms with Gasteiger partial charge in [0.2, 0.25) is 0 Å². The molecule has 0 spiro atoms. The van der Waals surface area contributed by atoms with Gasteiger partial charge in [0.25, 0.3) is 0 Å². The van der Waals surface area contributed by atoms with E-state index in [-0.39, 0.29) is 25.7 Å². The highest BCUT2D eigenvalue weighted by Gasteiger charge is 2.31. The van der Waals surface area contributed by atoms with Gasteiger partial charge in [-0.3, -0.25) is 37.3 Å². The number of phosphoric acid groups is 2. The van der Waals surface area contributed by atoms with E-state index >= 15 is 0 Å². The first-order valence-corrected chi connectivity index (χ1v) is 48.2. The molecule has 636 valence electrons. The minimum atomic E-state index is -4.97. The zero-order chi connectivity index (χ0) is 78.8. The van der Waals surface area contributed by atoms with E-state index in [4.69, 9.17) is 37.0 Å². The Kier molecular flexibility index (Phi) is 75.3. The number of carbonyl (C=O) groups excluding carboxylic acids is 4. The third-order valence-corrected chi connectivity index (χ3v) is 22.8. The smallest absolute Gasteiger partial charge is 0.462 e. The Bertz CT molecular complexity index is 2080. The van der Waals surface area contributed by atoms with Gasteiger partial charge >= 0.3 is 39.5 Å². The molecule has 17 nitrogen and oxygen atoms in total. The van der Waals surface area contributed by atoms with Gasteiger partial charge in [0.15, 0.2) is 12.2 Å². The largest absolute Gasteiger partial charge is 0.472 e. The summed E-state index contributed by atoms with van der Waals surface area (Å²) in [6, 6.07) is 0. The highest BCUT2D eigenvalue weighted by Crippen LogP contribution is 2.45. The minimum Gasteiger partial charge on any atom is -0.462 e. The standard InChI is InChI=1S/C88H172O17P2/c1-9-81(8)67-59-51-43-35-27-20-16-12-10-11-13-17-22-29-37-46-54-62-70-87(92)104-83(74-98-85(90)68-60-52-44-36-28-21-18-14-15-19-25-32-40-48-56-64-78(2)3)76-102-106(94,95)100-72-82(89)73-101-107(96,97)103-77-84(75-99-86(91)69-61-53-45-39-31-34-42-50-58-66-80(6)7)105-88(93)71-63-55-47-38-30-24-23-26-33-41-49-57-65-79(4)5/h78-84,89H,9-77H2,1-8H3,(H,94,95)(H,96,97)/t81?,82-,83-,84-/m1/s1. The molecular formula is C88H172O17P2. The second-order valence-electron chi connectivity index (χ2n) is 33.3. The van der Waals surface area contributed by atoms with Crippen LogP contribution in [0.3, 0.4) is 0 Å². The second kappa shape index (κ2) is 76.7. The van der Waals surface area contributed by atoms with Gasteiger partial charge in [-0.15, -0.1) is 0 Å². The summed E-state index contributed by atoms with van der Waals surface area (Å²) in [6.07, 6.45) is 66.6. The van der Waals surface area contributed by atoms with Crippen molar-refractivity contribution in [2.45, 2.75) is 478 Å². The van der Waals surface area contributed by atoms with Gasteiger partial charge in [0.1, 0.15) is 19.3 Å². The Morgan fingerprint density at radius 2 is 0.449 bits per heavy atom. The third-order valence-electron chi connectivity index (χ3n) is 20.9. The van der Waals surface area contributed by atoms with Crippen LogP contribution in [0.15, 0.2) is 0 Å². The molecule has 0 saturated heterocycles. The molecule has 0 aromatic carbocycles. The van der Waals surface area contributed by atoms with Crippen LogP contribution in [0.25, 0.3) is 0 Å². The zero-order valence-corrected chi connectivity index (χ0v) is 72.6. The maximum Gasteiger partial charge on any atom is 0.472 e. The molecule has 6 atom stereocenters. The Balaban J connectivity index is 5.25. The fourth-order valence-corrected chi connectivity index (χ4v) is 15.2. The highest BCUT2D eigenvalue weighted by molar-refractivity contribution is 7.47. The van der Waals surface area contributed by atoms with Crippen LogP contribution in [0.2, 0.25) is 0 Å². The Labute approximate surface area is 658 Å². The number of hydrogen-bond acceptors (Lipinski definition) is 15. The molecule has 0 aliphatic carbocycles. The lowest BCUT2D eigenvalue weighted by Crippen LogP contribution is -2.30. The van der Waals surface area contributed by atoms with Crippen molar-refractivity contribution in [1.29, 1.82) is 0 Å². The van der Waals surface area contributed by atoms with Gasteiger partial charge in [-0.25, -0.2) is 9.13 Å². The monoisotopic (exact) mass is 1560 g/mol. The van der Waals surface area contributed by atoms with Crippen molar-refractivity contribution >= 4 is 39.5 Å². The van der Waals surface area contributed by atoms with E-state index in [9.17, 15) is 43.2 Å². The molecule has 0 aromatic heterocycles. The third kappa shape index (κ3) is 80.5. The van der Waals surface area contributed by atoms with Crippen molar-refractivity contribution in [3.63, 3.8) is 0 Å². The lowest BCUT2D eigenvalue weighted by Gasteiger charge is -2.21. The lowest BCUT2D eigenvalue weighted by molar-refractivity contribution is -0.161. The predicted octanol–water partition coefficient (Wildman–Crippen LogP) is 26.7. The van der Waals surface area contributed by atoms with Crippen molar-refractivity contribution in [1.82, 2.24) is 0 Å². The molecule has 0 rings (SSSR count). The summed E-state index contributed by atoms with van der Waals surface area (Å²) in [5.41, 5.74) is 0. The van der Waals surface area contributed by atoms with Gasteiger partial charge in [0.05, 0.1) is 26.4 Å². The van der Waals surface area contributed by atoms with Crippen LogP contribution < -0.4 is 0 Å². The van der Waals surface area contributed by atoms with Crippen molar-refractivity contribution in [2.75, 3.05) is 39.6 Å². The first-order valence-electron chi connectivity index (χ1n) is 45.2. The molecule has 0 bridgehead atoms. The number of unbranched alkanes of at least 4 members (excludes halogenated alkanes) is 50. The van der Waals surface area contributed by atoms with Crippen molar-refractivity contribution < 1.29 is 80.2 Å². The number of esters is 4. The molecule has 3 unspecified atom stereocenters. The fraction of sp³-hybridized carbons (Fsp3) is 0.955. The summed E-state index contributed by atoms with van der Waals surface area (Å²) in [6.45, 7) is 14.4. The lowest BCUT2D eigenvalue weighted by atomic mass is 9.99. The first-order chi connectivity index (χ1) is 51.6. The summed E-state index contributed by atoms with van der Waals surface area (Å²) in [5.74, 6) is 1.09. The van der Waals surface area contributed by atoms with Crippen LogP contribution >= 0.6 is 15.6 Å². The average Bonchev–Trinajstić information content (AvgIpc) is 0.901. The fourth-order valence-electron chi connectivity index (χ4n) is 13.6. The van der Waals surface area contributed by atoms with Crippen molar-refractivity contribution in [3.8, 4) is 0 Å². The number of carbonyl (C=O) groups is 4. The van der Waals surface area contributed by atoms with Gasteiger partial charge in [0, 0.05) is 25.7 Å². The van der Waals surface area contributed by atoms with Gasteiger partial charge in [-0.05, 0) is 49.4 Å². The normalized spacial score (nSPS) is 14.1. The Morgan fingerprint density at radius 3 is 0.664 bits per heavy atom. The van der Waals surface area contributed by atoms with E-state index in [0.29, 0.717) is 25.7 Å². The summed E-state index contributed by atoms with van der Waals surface area (Å²) < 4.78 is 69.0. The summed E-state index contributed by atoms with van der Waals surface area (Å²) in [4.78, 5) is 73.3. The molecule has 0 aromatic rings. The van der Waals surface area contributed by atoms with E-state index in [1.54, 1.807) is 0 Å². The second-order valence-corrected chi connectivity index (χ2v) is 36.2. The number of aliphatic hydroxyl groups is 1. The maximum atomic E-state index is 13.2. The van der Waals surface area contributed by atoms with Crippen LogP contribution in [0, 0.1) is 23.7 Å². The molecule has 0 aliphatic rings. The summed E-state index contributed by atoms with van der Waals surface area (Å²) in [7, 11) is -9.93. The predicted molar refractivity (Wildman–Crippen MR) is 441 cm³/mol. The molecule has 0 saturated carbocycles. The Hall–Kier alpha value is -1.94. The molecule has 0 amide bonds. The SMILES string of the molecule is CCC(C)CCCCCCCCCCCCCCCCCCCCC(=O)O[C@H](COC(=O)CCCCCCCCCCCCCCCCCC(C)C)COP(=O)(O)OC[C@@H](O)COP(=O)(O)OC[C@@H](COC(=O)CCCCCCCCCCCC(C)C)OC(=O)CCCCCCCCCCCCCCC(C)C. The molecule has 107 heavy (non-hydrogen) atoms. The topological polar surface area (TPSA) is 237 Å². The van der Waals surface area contributed by atoms with E-state index in [1.165, 1.54) is 263 Å². The van der Waals surface area contributed by atoms with E-state index in [2.05, 4.69) is 55.4 Å². The Morgan fingerprint density at radius 1 is 0.262 bits per heavy atom. The molecule has 3 N–H and O–H groups in total. The number of ether oxygens (including phenoxy) is 4. The van der Waals surface area contributed by atoms with Crippen molar-refractivity contribution in [3.05, 3.63) is 0 Å². The van der Waals surface area contributed by atoms with Gasteiger partial charge < -0.3 is 33.8 Å². The van der Waals surface area contributed by atoms with E-state index in [1.807, 2.05) is 0 Å². The first kappa shape index (κ1) is 105. The van der Waals surface area contributed by atoms with Gasteiger partial charge in [-0.2, -0.15) is 0 Å². The highest BCUT2D eigenvalue weighted by atomic mass is 31.2.